The van der Waals surface area contributed by atoms with E-state index >= 15 is 0 Å². The summed E-state index contributed by atoms with van der Waals surface area (Å²) in [6.07, 6.45) is 7.63. The van der Waals surface area contributed by atoms with E-state index < -0.39 is 0 Å². The van der Waals surface area contributed by atoms with Crippen LogP contribution < -0.4 is 4.74 Å². The molecule has 2 aromatic carbocycles. The number of fused-ring (bicyclic) bond motifs is 5. The lowest BCUT2D eigenvalue weighted by atomic mass is 9.55. The van der Waals surface area contributed by atoms with Gasteiger partial charge in [-0.25, -0.2) is 0 Å². The first-order valence-electron chi connectivity index (χ1n) is 10.7. The maximum atomic E-state index is 11.3. The molecule has 0 aliphatic heterocycles. The zero-order chi connectivity index (χ0) is 19.3. The number of aliphatic hydroxyl groups excluding tert-OH is 1. The van der Waals surface area contributed by atoms with Crippen LogP contribution in [0, 0.1) is 17.3 Å². The molecular weight excluding hydrogens is 344 g/mol. The Morgan fingerprint density at radius 2 is 1.93 bits per heavy atom. The van der Waals surface area contributed by atoms with Gasteiger partial charge in [-0.2, -0.15) is 0 Å². The number of ether oxygens (including phenoxy) is 1. The van der Waals surface area contributed by atoms with E-state index in [1.165, 1.54) is 35.1 Å². The number of hydrogen-bond donors (Lipinski definition) is 1. The van der Waals surface area contributed by atoms with Crippen LogP contribution in [0.3, 0.4) is 0 Å². The van der Waals surface area contributed by atoms with Crippen LogP contribution in [0.4, 0.5) is 0 Å². The highest BCUT2D eigenvalue weighted by atomic mass is 16.5. The lowest BCUT2D eigenvalue weighted by Gasteiger charge is -2.49. The first-order chi connectivity index (χ1) is 13.6. The van der Waals surface area contributed by atoms with Crippen molar-refractivity contribution in [1.29, 1.82) is 0 Å². The number of methoxy groups -OCH3 is 1. The first-order valence-corrected chi connectivity index (χ1v) is 10.7. The average molecular weight is 375 g/mol. The van der Waals surface area contributed by atoms with Crippen molar-refractivity contribution in [3.05, 3.63) is 70.8 Å². The molecule has 146 valence electrons. The molecule has 2 aromatic rings. The Balaban J connectivity index is 1.47. The van der Waals surface area contributed by atoms with Gasteiger partial charge in [0.25, 0.3) is 0 Å². The van der Waals surface area contributed by atoms with E-state index in [-0.39, 0.29) is 11.5 Å². The summed E-state index contributed by atoms with van der Waals surface area (Å²) in [6.45, 7) is 2.34. The molecule has 0 saturated heterocycles. The Morgan fingerprint density at radius 1 is 1.11 bits per heavy atom. The Kier molecular flexibility index (Phi) is 4.35. The van der Waals surface area contributed by atoms with Crippen LogP contribution in [0.1, 0.15) is 55.2 Å². The van der Waals surface area contributed by atoms with Gasteiger partial charge in [-0.05, 0) is 84.3 Å². The second-order valence-corrected chi connectivity index (χ2v) is 9.26. The van der Waals surface area contributed by atoms with Crippen molar-refractivity contribution in [3.8, 4) is 5.75 Å². The number of rotatable bonds is 2. The van der Waals surface area contributed by atoms with Crippen molar-refractivity contribution >= 4 is 6.08 Å². The SMILES string of the molecule is COc1ccc2c(c1)CC[C@H]1[C@H]2CC[C@]2(C)[C@@H](O)/C(=C/c3ccccc3)C[C@@H]12. The van der Waals surface area contributed by atoms with Gasteiger partial charge in [0, 0.05) is 5.41 Å². The monoisotopic (exact) mass is 374 g/mol. The third-order valence-electron chi connectivity index (χ3n) is 7.95. The van der Waals surface area contributed by atoms with Crippen molar-refractivity contribution < 1.29 is 9.84 Å². The maximum Gasteiger partial charge on any atom is 0.119 e. The van der Waals surface area contributed by atoms with Crippen LogP contribution in [-0.4, -0.2) is 18.3 Å². The fraction of sp³-hybridized carbons (Fsp3) is 0.462. The molecule has 5 atom stereocenters. The molecule has 1 N–H and O–H groups in total. The van der Waals surface area contributed by atoms with E-state index in [0.717, 1.165) is 25.0 Å². The molecule has 2 saturated carbocycles. The summed E-state index contributed by atoms with van der Waals surface area (Å²) in [4.78, 5) is 0. The predicted octanol–water partition coefficient (Wildman–Crippen LogP) is 5.61. The van der Waals surface area contributed by atoms with Crippen molar-refractivity contribution in [2.45, 2.75) is 51.0 Å². The highest BCUT2D eigenvalue weighted by Gasteiger charge is 2.56. The molecule has 0 bridgehead atoms. The van der Waals surface area contributed by atoms with E-state index in [0.29, 0.717) is 17.8 Å². The Bertz CT molecular complexity index is 900. The molecule has 0 amide bonds. The lowest BCUT2D eigenvalue weighted by molar-refractivity contribution is -0.0158. The summed E-state index contributed by atoms with van der Waals surface area (Å²) in [5.41, 5.74) is 5.47. The second kappa shape index (κ2) is 6.77. The molecule has 2 nitrogen and oxygen atoms in total. The van der Waals surface area contributed by atoms with Gasteiger partial charge in [-0.3, -0.25) is 0 Å². The summed E-state index contributed by atoms with van der Waals surface area (Å²) in [5.74, 6) is 2.86. The number of aliphatic hydroxyl groups is 1. The van der Waals surface area contributed by atoms with Gasteiger partial charge in [0.05, 0.1) is 13.2 Å². The van der Waals surface area contributed by atoms with Crippen molar-refractivity contribution in [1.82, 2.24) is 0 Å². The quantitative estimate of drug-likeness (QED) is 0.741. The molecule has 5 rings (SSSR count). The molecule has 0 spiro atoms. The molecule has 2 fully saturated rings. The second-order valence-electron chi connectivity index (χ2n) is 9.26. The predicted molar refractivity (Wildman–Crippen MR) is 113 cm³/mol. The Labute approximate surface area is 168 Å². The van der Waals surface area contributed by atoms with E-state index in [1.54, 1.807) is 7.11 Å². The zero-order valence-electron chi connectivity index (χ0n) is 16.9. The Morgan fingerprint density at radius 3 is 2.71 bits per heavy atom. The van der Waals surface area contributed by atoms with E-state index in [2.05, 4.69) is 55.5 Å². The lowest BCUT2D eigenvalue weighted by Crippen LogP contribution is -2.44. The molecule has 0 aromatic heterocycles. The van der Waals surface area contributed by atoms with Crippen LogP contribution in [0.25, 0.3) is 6.08 Å². The molecule has 0 heterocycles. The third kappa shape index (κ3) is 2.73. The minimum Gasteiger partial charge on any atom is -0.497 e. The van der Waals surface area contributed by atoms with Crippen LogP contribution in [0.15, 0.2) is 54.1 Å². The number of hydrogen-bond acceptors (Lipinski definition) is 2. The van der Waals surface area contributed by atoms with E-state index in [1.807, 2.05) is 6.07 Å². The molecular formula is C26H30O2. The van der Waals surface area contributed by atoms with E-state index in [4.69, 9.17) is 4.74 Å². The molecule has 28 heavy (non-hydrogen) atoms. The zero-order valence-corrected chi connectivity index (χ0v) is 16.9. The fourth-order valence-corrected chi connectivity index (χ4v) is 6.45. The summed E-state index contributed by atoms with van der Waals surface area (Å²) in [5, 5.41) is 11.3. The van der Waals surface area contributed by atoms with Crippen molar-refractivity contribution in [3.63, 3.8) is 0 Å². The van der Waals surface area contributed by atoms with Gasteiger partial charge < -0.3 is 9.84 Å². The van der Waals surface area contributed by atoms with Crippen LogP contribution in [0.2, 0.25) is 0 Å². The van der Waals surface area contributed by atoms with Gasteiger partial charge >= 0.3 is 0 Å². The fourth-order valence-electron chi connectivity index (χ4n) is 6.45. The minimum atomic E-state index is -0.309. The van der Waals surface area contributed by atoms with Gasteiger partial charge in [-0.1, -0.05) is 49.4 Å². The molecule has 0 radical (unpaired) electrons. The Hall–Kier alpha value is -2.06. The normalized spacial score (nSPS) is 35.2. The molecule has 2 heteroatoms. The molecule has 0 unspecified atom stereocenters. The third-order valence-corrected chi connectivity index (χ3v) is 7.95. The van der Waals surface area contributed by atoms with Gasteiger partial charge in [-0.15, -0.1) is 0 Å². The van der Waals surface area contributed by atoms with Gasteiger partial charge in [0.1, 0.15) is 5.75 Å². The topological polar surface area (TPSA) is 29.5 Å². The van der Waals surface area contributed by atoms with Gasteiger partial charge in [0.2, 0.25) is 0 Å². The maximum absolute atomic E-state index is 11.3. The number of benzene rings is 2. The van der Waals surface area contributed by atoms with Crippen LogP contribution in [-0.2, 0) is 6.42 Å². The van der Waals surface area contributed by atoms with Crippen molar-refractivity contribution in [2.75, 3.05) is 7.11 Å². The molecule has 3 aliphatic carbocycles. The van der Waals surface area contributed by atoms with Gasteiger partial charge in [0.15, 0.2) is 0 Å². The highest BCUT2D eigenvalue weighted by Crippen LogP contribution is 2.62. The minimum absolute atomic E-state index is 0.0196. The van der Waals surface area contributed by atoms with Crippen LogP contribution >= 0.6 is 0 Å². The van der Waals surface area contributed by atoms with E-state index in [9.17, 15) is 5.11 Å². The number of aryl methyl sites for hydroxylation is 1. The first kappa shape index (κ1) is 18.0. The molecule has 3 aliphatic rings. The largest absolute Gasteiger partial charge is 0.497 e. The summed E-state index contributed by atoms with van der Waals surface area (Å²) in [7, 11) is 1.75. The summed E-state index contributed by atoms with van der Waals surface area (Å²) >= 11 is 0. The highest BCUT2D eigenvalue weighted by molar-refractivity contribution is 5.55. The smallest absolute Gasteiger partial charge is 0.119 e. The summed E-state index contributed by atoms with van der Waals surface area (Å²) < 4.78 is 5.45. The van der Waals surface area contributed by atoms with Crippen LogP contribution in [0.5, 0.6) is 5.75 Å². The average Bonchev–Trinajstić information content (AvgIpc) is 2.99. The standard InChI is InChI=1S/C26H30O2/c1-26-13-12-22-21-11-9-20(28-2)15-18(21)8-10-23(22)24(26)16-19(25(26)27)14-17-6-4-3-5-7-17/h3-7,9,11,14-15,22-25,27H,8,10,12-13,16H2,1-2H3/b19-14+/t22-,23-,24-,25-,26-/m0/s1. The van der Waals surface area contributed by atoms with Crippen molar-refractivity contribution in [2.24, 2.45) is 17.3 Å². The summed E-state index contributed by atoms with van der Waals surface area (Å²) in [6, 6.07) is 17.1.